The smallest absolute Gasteiger partial charge is 0.0767 e. The van der Waals surface area contributed by atoms with Gasteiger partial charge in [0, 0.05) is 24.1 Å². The molecule has 0 atom stereocenters. The van der Waals surface area contributed by atoms with Crippen LogP contribution in [0.5, 0.6) is 0 Å². The lowest BCUT2D eigenvalue weighted by Crippen LogP contribution is -2.16. The summed E-state index contributed by atoms with van der Waals surface area (Å²) in [6.07, 6.45) is 0.951. The molecule has 1 heterocycles. The number of nitrogens with one attached hydrogen (secondary N) is 1. The minimum atomic E-state index is 0.813. The van der Waals surface area contributed by atoms with Gasteiger partial charge in [-0.05, 0) is 47.0 Å². The highest BCUT2D eigenvalue weighted by molar-refractivity contribution is 9.10. The maximum Gasteiger partial charge on any atom is 0.0767 e. The van der Waals surface area contributed by atoms with Gasteiger partial charge in [-0.2, -0.15) is 5.10 Å². The Balaban J connectivity index is 2.02. The molecule has 3 nitrogen and oxygen atoms in total. The van der Waals surface area contributed by atoms with Crippen LogP contribution in [0, 0.1) is 0 Å². The molecule has 0 amide bonds. The second kappa shape index (κ2) is 7.38. The highest BCUT2D eigenvalue weighted by atomic mass is 79.9. The molecule has 1 aromatic carbocycles. The van der Waals surface area contributed by atoms with Crippen LogP contribution in [-0.4, -0.2) is 9.78 Å². The van der Waals surface area contributed by atoms with Crippen LogP contribution < -0.4 is 5.32 Å². The van der Waals surface area contributed by atoms with Gasteiger partial charge >= 0.3 is 0 Å². The summed E-state index contributed by atoms with van der Waals surface area (Å²) in [4.78, 5) is 0. The summed E-state index contributed by atoms with van der Waals surface area (Å²) < 4.78 is 4.32. The van der Waals surface area contributed by atoms with Gasteiger partial charge in [-0.1, -0.05) is 35.0 Å². The van der Waals surface area contributed by atoms with Gasteiger partial charge in [-0.25, -0.2) is 0 Å². The van der Waals surface area contributed by atoms with Crippen LogP contribution in [0.2, 0.25) is 0 Å². The standard InChI is InChI=1S/C15H19Br2N3/c1-3-13-15(17)14(20(4-2)19-13)10-18-9-11-6-5-7-12(16)8-11/h5-8,18H,3-4,9-10H2,1-2H3. The maximum atomic E-state index is 4.61. The molecule has 2 aromatic rings. The van der Waals surface area contributed by atoms with Gasteiger partial charge in [-0.15, -0.1) is 0 Å². The summed E-state index contributed by atoms with van der Waals surface area (Å²) in [5.74, 6) is 0. The first-order chi connectivity index (χ1) is 9.65. The van der Waals surface area contributed by atoms with Crippen molar-refractivity contribution in [1.82, 2.24) is 15.1 Å². The first-order valence-corrected chi connectivity index (χ1v) is 8.43. The van der Waals surface area contributed by atoms with E-state index in [0.29, 0.717) is 0 Å². The predicted molar refractivity (Wildman–Crippen MR) is 89.7 cm³/mol. The zero-order valence-electron chi connectivity index (χ0n) is 11.8. The molecule has 108 valence electrons. The van der Waals surface area contributed by atoms with Gasteiger partial charge in [0.1, 0.15) is 0 Å². The number of halogens is 2. The molecule has 2 rings (SSSR count). The summed E-state index contributed by atoms with van der Waals surface area (Å²) in [5, 5.41) is 8.10. The van der Waals surface area contributed by atoms with Gasteiger partial charge < -0.3 is 5.32 Å². The molecule has 0 aliphatic heterocycles. The van der Waals surface area contributed by atoms with Gasteiger partial charge in [0.25, 0.3) is 0 Å². The highest BCUT2D eigenvalue weighted by Crippen LogP contribution is 2.22. The second-order valence-electron chi connectivity index (χ2n) is 4.61. The van der Waals surface area contributed by atoms with Crippen LogP contribution in [-0.2, 0) is 26.1 Å². The van der Waals surface area contributed by atoms with E-state index in [-0.39, 0.29) is 0 Å². The van der Waals surface area contributed by atoms with Crippen molar-refractivity contribution in [2.45, 2.75) is 39.9 Å². The summed E-state index contributed by atoms with van der Waals surface area (Å²) >= 11 is 7.17. The average molecular weight is 401 g/mol. The van der Waals surface area contributed by atoms with Gasteiger partial charge in [-0.3, -0.25) is 4.68 Å². The number of aryl methyl sites for hydroxylation is 2. The number of aromatic nitrogens is 2. The van der Waals surface area contributed by atoms with Crippen LogP contribution in [0.4, 0.5) is 0 Å². The van der Waals surface area contributed by atoms with Crippen molar-refractivity contribution in [2.24, 2.45) is 0 Å². The third-order valence-corrected chi connectivity index (χ3v) is 4.61. The van der Waals surface area contributed by atoms with Crippen molar-refractivity contribution >= 4 is 31.9 Å². The van der Waals surface area contributed by atoms with E-state index in [2.05, 4.69) is 79.0 Å². The largest absolute Gasteiger partial charge is 0.307 e. The normalized spacial score (nSPS) is 11.0. The molecule has 0 aliphatic carbocycles. The first kappa shape index (κ1) is 15.7. The molecule has 0 fully saturated rings. The fourth-order valence-electron chi connectivity index (χ4n) is 2.16. The first-order valence-electron chi connectivity index (χ1n) is 6.84. The summed E-state index contributed by atoms with van der Waals surface area (Å²) in [6.45, 7) is 6.81. The molecular formula is C15H19Br2N3. The van der Waals surface area contributed by atoms with E-state index in [1.165, 1.54) is 11.3 Å². The van der Waals surface area contributed by atoms with Gasteiger partial charge in [0.2, 0.25) is 0 Å². The van der Waals surface area contributed by atoms with Gasteiger partial charge in [0.05, 0.1) is 15.9 Å². The quantitative estimate of drug-likeness (QED) is 0.784. The van der Waals surface area contributed by atoms with Crippen molar-refractivity contribution in [3.63, 3.8) is 0 Å². The van der Waals surface area contributed by atoms with Gasteiger partial charge in [0.15, 0.2) is 0 Å². The van der Waals surface area contributed by atoms with E-state index in [4.69, 9.17) is 0 Å². The van der Waals surface area contributed by atoms with E-state index in [1.54, 1.807) is 0 Å². The van der Waals surface area contributed by atoms with E-state index < -0.39 is 0 Å². The van der Waals surface area contributed by atoms with Crippen LogP contribution in [0.3, 0.4) is 0 Å². The fourth-order valence-corrected chi connectivity index (χ4v) is 3.31. The molecular weight excluding hydrogens is 382 g/mol. The van der Waals surface area contributed by atoms with Crippen molar-refractivity contribution in [3.05, 3.63) is 50.2 Å². The number of nitrogens with zero attached hydrogens (tertiary/aromatic N) is 2. The Morgan fingerprint density at radius 3 is 2.65 bits per heavy atom. The van der Waals surface area contributed by atoms with E-state index >= 15 is 0 Å². The van der Waals surface area contributed by atoms with Crippen LogP contribution in [0.25, 0.3) is 0 Å². The molecule has 0 saturated carbocycles. The lowest BCUT2D eigenvalue weighted by molar-refractivity contribution is 0.576. The Hall–Kier alpha value is -0.650. The number of hydrogen-bond donors (Lipinski definition) is 1. The van der Waals surface area contributed by atoms with E-state index in [1.807, 2.05) is 6.07 Å². The summed E-state index contributed by atoms with van der Waals surface area (Å²) in [6, 6.07) is 8.36. The molecule has 0 spiro atoms. The lowest BCUT2D eigenvalue weighted by atomic mass is 10.2. The molecule has 1 aromatic heterocycles. The van der Waals surface area contributed by atoms with E-state index in [0.717, 1.165) is 40.7 Å². The topological polar surface area (TPSA) is 29.9 Å². The molecule has 0 bridgehead atoms. The molecule has 5 heteroatoms. The minimum Gasteiger partial charge on any atom is -0.307 e. The predicted octanol–water partition coefficient (Wildman–Crippen LogP) is 4.28. The SMILES string of the molecule is CCc1nn(CC)c(CNCc2cccc(Br)c2)c1Br. The van der Waals surface area contributed by atoms with Crippen molar-refractivity contribution in [2.75, 3.05) is 0 Å². The Morgan fingerprint density at radius 1 is 1.20 bits per heavy atom. The third kappa shape index (κ3) is 3.71. The molecule has 0 aliphatic rings. The number of benzene rings is 1. The Bertz CT molecular complexity index is 578. The Labute approximate surface area is 137 Å². The van der Waals surface area contributed by atoms with Crippen molar-refractivity contribution in [3.8, 4) is 0 Å². The average Bonchev–Trinajstić information content (AvgIpc) is 2.75. The van der Waals surface area contributed by atoms with Crippen molar-refractivity contribution < 1.29 is 0 Å². The maximum absolute atomic E-state index is 4.61. The van der Waals surface area contributed by atoms with Crippen molar-refractivity contribution in [1.29, 1.82) is 0 Å². The van der Waals surface area contributed by atoms with E-state index in [9.17, 15) is 0 Å². The Morgan fingerprint density at radius 2 is 2.00 bits per heavy atom. The van der Waals surface area contributed by atoms with Crippen LogP contribution in [0.1, 0.15) is 30.8 Å². The Kier molecular flexibility index (Phi) is 5.81. The molecule has 0 unspecified atom stereocenters. The third-order valence-electron chi connectivity index (χ3n) is 3.20. The number of hydrogen-bond acceptors (Lipinski definition) is 2. The fraction of sp³-hybridized carbons (Fsp3) is 0.400. The zero-order chi connectivity index (χ0) is 14.5. The molecule has 0 radical (unpaired) electrons. The molecule has 1 N–H and O–H groups in total. The zero-order valence-corrected chi connectivity index (χ0v) is 15.0. The highest BCUT2D eigenvalue weighted by Gasteiger charge is 2.13. The monoisotopic (exact) mass is 399 g/mol. The molecule has 0 saturated heterocycles. The van der Waals surface area contributed by atoms with Crippen LogP contribution >= 0.6 is 31.9 Å². The van der Waals surface area contributed by atoms with Crippen LogP contribution in [0.15, 0.2) is 33.2 Å². The minimum absolute atomic E-state index is 0.813. The molecule has 20 heavy (non-hydrogen) atoms. The second-order valence-corrected chi connectivity index (χ2v) is 6.32. The summed E-state index contributed by atoms with van der Waals surface area (Å²) in [5.41, 5.74) is 3.62. The number of rotatable bonds is 6. The summed E-state index contributed by atoms with van der Waals surface area (Å²) in [7, 11) is 0. The lowest BCUT2D eigenvalue weighted by Gasteiger charge is -2.08.